The second kappa shape index (κ2) is 7.71. The number of aryl methyl sites for hydroxylation is 2. The van der Waals surface area contributed by atoms with E-state index in [9.17, 15) is 4.79 Å². The van der Waals surface area contributed by atoms with Gasteiger partial charge in [-0.25, -0.2) is 0 Å². The molecule has 2 unspecified atom stereocenters. The van der Waals surface area contributed by atoms with Gasteiger partial charge in [-0.1, -0.05) is 11.7 Å². The van der Waals surface area contributed by atoms with Gasteiger partial charge in [0.2, 0.25) is 5.91 Å². The van der Waals surface area contributed by atoms with E-state index in [1.165, 1.54) is 0 Å². The molecule has 0 aromatic carbocycles. The lowest BCUT2D eigenvalue weighted by molar-refractivity contribution is -0.134. The number of anilines is 1. The van der Waals surface area contributed by atoms with Crippen LogP contribution < -0.4 is 16.8 Å². The fourth-order valence-electron chi connectivity index (χ4n) is 3.68. The van der Waals surface area contributed by atoms with Crippen molar-refractivity contribution in [3.05, 3.63) is 48.1 Å². The monoisotopic (exact) mass is 411 g/mol. The molecular formula is C20H25N7O3. The number of hydrogen-bond donors (Lipinski definition) is 3. The summed E-state index contributed by atoms with van der Waals surface area (Å²) in [4.78, 5) is 12.5. The van der Waals surface area contributed by atoms with E-state index in [2.05, 4.69) is 22.2 Å². The largest absolute Gasteiger partial charge is 0.399 e. The highest BCUT2D eigenvalue weighted by molar-refractivity contribution is 5.84. The second-order valence-electron chi connectivity index (χ2n) is 7.41. The van der Waals surface area contributed by atoms with Crippen LogP contribution in [0.15, 0.2) is 35.6 Å². The molecule has 2 atom stereocenters. The van der Waals surface area contributed by atoms with Gasteiger partial charge in [0.1, 0.15) is 29.6 Å². The van der Waals surface area contributed by atoms with Crippen molar-refractivity contribution in [3.8, 4) is 11.3 Å². The number of nitrogens with zero attached hydrogens (tertiary/aromatic N) is 4. The fraction of sp³-hybridized carbons (Fsp3) is 0.350. The maximum atomic E-state index is 12.5. The molecule has 10 heteroatoms. The van der Waals surface area contributed by atoms with Crippen LogP contribution in [0.3, 0.4) is 0 Å². The van der Waals surface area contributed by atoms with E-state index >= 15 is 0 Å². The summed E-state index contributed by atoms with van der Waals surface area (Å²) >= 11 is 0. The number of nitrogens with two attached hydrogens (primary N) is 2. The lowest BCUT2D eigenvalue weighted by Crippen LogP contribution is -2.34. The lowest BCUT2D eigenvalue weighted by Gasteiger charge is -2.16. The molecule has 1 aliphatic rings. The predicted molar refractivity (Wildman–Crippen MR) is 110 cm³/mol. The molecule has 1 fully saturated rings. The van der Waals surface area contributed by atoms with Gasteiger partial charge in [0, 0.05) is 42.3 Å². The molecule has 3 aromatic heterocycles. The van der Waals surface area contributed by atoms with Gasteiger partial charge in [-0.2, -0.15) is 5.10 Å². The predicted octanol–water partition coefficient (Wildman–Crippen LogP) is 1.69. The third-order valence-electron chi connectivity index (χ3n) is 5.10. The molecule has 30 heavy (non-hydrogen) atoms. The molecule has 0 spiro atoms. The van der Waals surface area contributed by atoms with E-state index in [4.69, 9.17) is 20.7 Å². The Morgan fingerprint density at radius 2 is 2.23 bits per heavy atom. The van der Waals surface area contributed by atoms with Gasteiger partial charge >= 0.3 is 0 Å². The molecule has 5 N–H and O–H groups in total. The number of carbonyl (C=O) groups excluding carboxylic acids is 1. The van der Waals surface area contributed by atoms with Crippen molar-refractivity contribution in [2.24, 2.45) is 12.8 Å². The quantitative estimate of drug-likeness (QED) is 0.561. The van der Waals surface area contributed by atoms with Crippen LogP contribution in [0.2, 0.25) is 0 Å². The second-order valence-corrected chi connectivity index (χ2v) is 7.41. The first kappa shape index (κ1) is 19.8. The topological polar surface area (TPSA) is 139 Å². The smallest absolute Gasteiger partial charge is 0.249 e. The average molecular weight is 411 g/mol. The molecule has 1 amide bonds. The summed E-state index contributed by atoms with van der Waals surface area (Å²) in [5.74, 6) is 0.935. The molecule has 0 bridgehead atoms. The zero-order valence-corrected chi connectivity index (χ0v) is 17.0. The Kier molecular flexibility index (Phi) is 5.08. The average Bonchev–Trinajstić information content (AvgIpc) is 3.46. The van der Waals surface area contributed by atoms with Gasteiger partial charge in [0.05, 0.1) is 12.2 Å². The van der Waals surface area contributed by atoms with E-state index in [1.54, 1.807) is 22.2 Å². The third kappa shape index (κ3) is 3.69. The number of hydrogen-bond acceptors (Lipinski definition) is 7. The van der Waals surface area contributed by atoms with E-state index in [0.717, 1.165) is 11.3 Å². The zero-order valence-electron chi connectivity index (χ0n) is 17.0. The molecule has 0 aliphatic carbocycles. The van der Waals surface area contributed by atoms with Crippen LogP contribution in [-0.2, 0) is 23.1 Å². The van der Waals surface area contributed by atoms with Crippen molar-refractivity contribution in [1.29, 1.82) is 0 Å². The van der Waals surface area contributed by atoms with Crippen LogP contribution in [0.4, 0.5) is 5.82 Å². The number of nitrogen functional groups attached to an aromatic ring is 1. The zero-order chi connectivity index (χ0) is 21.4. The van der Waals surface area contributed by atoms with E-state index in [1.807, 2.05) is 25.5 Å². The Balaban J connectivity index is 1.49. The van der Waals surface area contributed by atoms with Crippen molar-refractivity contribution in [2.45, 2.75) is 38.6 Å². The first-order valence-corrected chi connectivity index (χ1v) is 9.64. The molecule has 1 saturated heterocycles. The van der Waals surface area contributed by atoms with Crippen molar-refractivity contribution in [2.75, 3.05) is 5.73 Å². The molecule has 10 nitrogen and oxygen atoms in total. The van der Waals surface area contributed by atoms with Crippen LogP contribution in [0, 0.1) is 6.92 Å². The summed E-state index contributed by atoms with van der Waals surface area (Å²) in [6.45, 7) is 5.93. The van der Waals surface area contributed by atoms with E-state index < -0.39 is 6.10 Å². The molecule has 1 aliphatic heterocycles. The first-order valence-electron chi connectivity index (χ1n) is 9.64. The standard InChI is InChI=1S/C20H25N7O3/c1-11-8-13(25-30-11)9-23-20(28)16-4-5-17(29-16)27-10-14(15-6-7-26(3)24-15)18(12(2)21)19(27)22/h6-8,10,16-17H,2,4-5,9,21-22H2,1,3H3,(H,23,28). The molecule has 0 saturated carbocycles. The van der Waals surface area contributed by atoms with Gasteiger partial charge in [0.25, 0.3) is 0 Å². The van der Waals surface area contributed by atoms with Crippen LogP contribution >= 0.6 is 0 Å². The van der Waals surface area contributed by atoms with Crippen LogP contribution in [-0.4, -0.2) is 31.5 Å². The minimum atomic E-state index is -0.576. The molecule has 0 radical (unpaired) electrons. The van der Waals surface area contributed by atoms with Gasteiger partial charge in [-0.3, -0.25) is 9.48 Å². The Morgan fingerprint density at radius 3 is 2.87 bits per heavy atom. The molecule has 158 valence electrons. The summed E-state index contributed by atoms with van der Waals surface area (Å²) in [5, 5.41) is 11.1. The summed E-state index contributed by atoms with van der Waals surface area (Å²) < 4.78 is 14.5. The number of amides is 1. The number of aromatic nitrogens is 4. The van der Waals surface area contributed by atoms with Crippen molar-refractivity contribution >= 4 is 17.4 Å². The molecule has 4 rings (SSSR count). The highest BCUT2D eigenvalue weighted by Crippen LogP contribution is 2.38. The Labute approximate surface area is 173 Å². The summed E-state index contributed by atoms with van der Waals surface area (Å²) in [6, 6.07) is 3.66. The van der Waals surface area contributed by atoms with Crippen LogP contribution in [0.1, 0.15) is 36.1 Å². The molecular weight excluding hydrogens is 386 g/mol. The number of rotatable bonds is 6. The van der Waals surface area contributed by atoms with Crippen molar-refractivity contribution in [3.63, 3.8) is 0 Å². The van der Waals surface area contributed by atoms with Crippen molar-refractivity contribution < 1.29 is 14.1 Å². The number of nitrogens with one attached hydrogen (secondary N) is 1. The summed E-state index contributed by atoms with van der Waals surface area (Å²) in [5.41, 5.74) is 15.5. The number of ether oxygens (including phenoxy) is 1. The molecule has 4 heterocycles. The van der Waals surface area contributed by atoms with Crippen LogP contribution in [0.25, 0.3) is 17.0 Å². The normalized spacial score (nSPS) is 18.6. The Bertz CT molecular complexity index is 1090. The lowest BCUT2D eigenvalue weighted by atomic mass is 10.1. The van der Waals surface area contributed by atoms with Gasteiger partial charge in [-0.05, 0) is 25.8 Å². The van der Waals surface area contributed by atoms with Gasteiger partial charge < -0.3 is 30.6 Å². The minimum absolute atomic E-state index is 0.197. The van der Waals surface area contributed by atoms with E-state index in [-0.39, 0.29) is 18.7 Å². The maximum Gasteiger partial charge on any atom is 0.249 e. The first-order chi connectivity index (χ1) is 14.3. The Hall–Kier alpha value is -3.53. The number of carbonyl (C=O) groups is 1. The highest BCUT2D eigenvalue weighted by Gasteiger charge is 2.33. The van der Waals surface area contributed by atoms with Gasteiger partial charge in [-0.15, -0.1) is 0 Å². The molecule has 3 aromatic rings. The SMILES string of the molecule is C=C(N)c1c(-c2ccn(C)n2)cn(C2CCC(C(=O)NCc3cc(C)on3)O2)c1N. The Morgan fingerprint density at radius 1 is 1.43 bits per heavy atom. The fourth-order valence-corrected chi connectivity index (χ4v) is 3.68. The van der Waals surface area contributed by atoms with Crippen molar-refractivity contribution in [1.82, 2.24) is 24.8 Å². The highest BCUT2D eigenvalue weighted by atomic mass is 16.5. The third-order valence-corrected chi connectivity index (χ3v) is 5.10. The minimum Gasteiger partial charge on any atom is -0.399 e. The summed E-state index contributed by atoms with van der Waals surface area (Å²) in [6.07, 6.45) is 3.95. The van der Waals surface area contributed by atoms with Gasteiger partial charge in [0.15, 0.2) is 0 Å². The maximum absolute atomic E-state index is 12.5. The summed E-state index contributed by atoms with van der Waals surface area (Å²) in [7, 11) is 1.84. The van der Waals surface area contributed by atoms with Crippen LogP contribution in [0.5, 0.6) is 0 Å². The van der Waals surface area contributed by atoms with E-state index in [0.29, 0.717) is 41.4 Å².